The molecule has 2 aliphatic heterocycles. The first-order valence-electron chi connectivity index (χ1n) is 9.73. The van der Waals surface area contributed by atoms with Crippen molar-refractivity contribution >= 4 is 11.5 Å². The molecule has 0 unspecified atom stereocenters. The van der Waals surface area contributed by atoms with Crippen LogP contribution in [0.3, 0.4) is 0 Å². The van der Waals surface area contributed by atoms with E-state index in [1.54, 1.807) is 0 Å². The van der Waals surface area contributed by atoms with Crippen molar-refractivity contribution in [2.24, 2.45) is 0 Å². The van der Waals surface area contributed by atoms with Crippen LogP contribution in [0.5, 0.6) is 0 Å². The number of hydrogen-bond donors (Lipinski definition) is 0. The molecule has 2 aliphatic rings. The molecule has 0 aliphatic carbocycles. The maximum absolute atomic E-state index is 13.6. The van der Waals surface area contributed by atoms with Gasteiger partial charge in [0.25, 0.3) is 0 Å². The molecule has 1 aromatic carbocycles. The fourth-order valence-electron chi connectivity index (χ4n) is 4.05. The number of ketones is 1. The largest absolute Gasteiger partial charge is 0.379 e. The quantitative estimate of drug-likeness (QED) is 0.520. The zero-order chi connectivity index (χ0) is 19.1. The first-order valence-corrected chi connectivity index (χ1v) is 9.73. The Labute approximate surface area is 162 Å². The molecule has 0 atom stereocenters. The van der Waals surface area contributed by atoms with E-state index in [1.807, 2.05) is 36.4 Å². The van der Waals surface area contributed by atoms with Gasteiger partial charge in [-0.1, -0.05) is 12.2 Å². The predicted octanol–water partition coefficient (Wildman–Crippen LogP) is 2.93. The summed E-state index contributed by atoms with van der Waals surface area (Å²) in [5.41, 5.74) is 1.25. The summed E-state index contributed by atoms with van der Waals surface area (Å²) < 4.78 is 10.9. The number of anilines is 1. The molecule has 0 amide bonds. The average Bonchev–Trinajstić information content (AvgIpc) is 2.74. The Balaban J connectivity index is 1.85. The van der Waals surface area contributed by atoms with Gasteiger partial charge in [-0.05, 0) is 37.1 Å². The number of carbonyl (C=O) groups is 1. The number of nitrogens with zero attached hydrogens (tertiary/aromatic N) is 2. The van der Waals surface area contributed by atoms with Gasteiger partial charge in [-0.2, -0.15) is 0 Å². The van der Waals surface area contributed by atoms with Crippen LogP contribution in [0.25, 0.3) is 0 Å². The van der Waals surface area contributed by atoms with Crippen molar-refractivity contribution in [1.82, 2.24) is 4.90 Å². The summed E-state index contributed by atoms with van der Waals surface area (Å²) in [7, 11) is 0. The summed E-state index contributed by atoms with van der Waals surface area (Å²) in [6.45, 7) is 13.9. The van der Waals surface area contributed by atoms with Gasteiger partial charge in [0.2, 0.25) is 0 Å². The molecule has 0 aromatic heterocycles. The fraction of sp³-hybridized carbons (Fsp3) is 0.500. The van der Waals surface area contributed by atoms with Gasteiger partial charge in [0.05, 0.1) is 32.0 Å². The van der Waals surface area contributed by atoms with Gasteiger partial charge in [0, 0.05) is 37.4 Å². The van der Waals surface area contributed by atoms with E-state index < -0.39 is 5.54 Å². The Morgan fingerprint density at radius 1 is 0.926 bits per heavy atom. The van der Waals surface area contributed by atoms with Gasteiger partial charge in [-0.25, -0.2) is 0 Å². The third-order valence-corrected chi connectivity index (χ3v) is 5.51. The highest BCUT2D eigenvalue weighted by molar-refractivity contribution is 6.03. The van der Waals surface area contributed by atoms with Crippen molar-refractivity contribution in [2.45, 2.75) is 18.4 Å². The van der Waals surface area contributed by atoms with E-state index in [4.69, 9.17) is 9.47 Å². The van der Waals surface area contributed by atoms with Crippen LogP contribution in [-0.4, -0.2) is 68.8 Å². The Morgan fingerprint density at radius 3 is 1.96 bits per heavy atom. The van der Waals surface area contributed by atoms with Crippen molar-refractivity contribution in [1.29, 1.82) is 0 Å². The topological polar surface area (TPSA) is 42.0 Å². The van der Waals surface area contributed by atoms with Crippen LogP contribution in [0.1, 0.15) is 23.2 Å². The van der Waals surface area contributed by atoms with E-state index in [9.17, 15) is 4.79 Å². The van der Waals surface area contributed by atoms with Crippen LogP contribution >= 0.6 is 0 Å². The maximum atomic E-state index is 13.6. The van der Waals surface area contributed by atoms with Crippen LogP contribution in [0, 0.1) is 0 Å². The second kappa shape index (κ2) is 9.31. The minimum Gasteiger partial charge on any atom is -0.379 e. The summed E-state index contributed by atoms with van der Waals surface area (Å²) >= 11 is 0. The summed E-state index contributed by atoms with van der Waals surface area (Å²) in [4.78, 5) is 18.2. The van der Waals surface area contributed by atoms with Gasteiger partial charge < -0.3 is 14.4 Å². The van der Waals surface area contributed by atoms with Crippen molar-refractivity contribution in [3.8, 4) is 0 Å². The lowest BCUT2D eigenvalue weighted by molar-refractivity contribution is -0.0134. The van der Waals surface area contributed by atoms with Crippen LogP contribution in [0.2, 0.25) is 0 Å². The van der Waals surface area contributed by atoms with Crippen molar-refractivity contribution in [2.75, 3.05) is 57.5 Å². The van der Waals surface area contributed by atoms with E-state index in [1.165, 1.54) is 0 Å². The highest BCUT2D eigenvalue weighted by Gasteiger charge is 2.42. The molecule has 0 spiro atoms. The van der Waals surface area contributed by atoms with E-state index in [-0.39, 0.29) is 5.78 Å². The highest BCUT2D eigenvalue weighted by Crippen LogP contribution is 2.31. The molecule has 2 fully saturated rings. The van der Waals surface area contributed by atoms with Gasteiger partial charge in [0.15, 0.2) is 5.78 Å². The van der Waals surface area contributed by atoms with Gasteiger partial charge >= 0.3 is 0 Å². The van der Waals surface area contributed by atoms with E-state index >= 15 is 0 Å². The molecule has 5 nitrogen and oxygen atoms in total. The maximum Gasteiger partial charge on any atom is 0.183 e. The average molecular weight is 370 g/mol. The van der Waals surface area contributed by atoms with E-state index in [0.29, 0.717) is 26.1 Å². The lowest BCUT2D eigenvalue weighted by Gasteiger charge is -2.44. The number of Topliss-reactive ketones (excluding diaryl/α,β-unsaturated/α-hetero) is 1. The van der Waals surface area contributed by atoms with Crippen LogP contribution < -0.4 is 4.90 Å². The van der Waals surface area contributed by atoms with Crippen molar-refractivity contribution in [3.05, 3.63) is 55.1 Å². The molecule has 0 bridgehead atoms. The third kappa shape index (κ3) is 4.32. The second-order valence-corrected chi connectivity index (χ2v) is 7.09. The van der Waals surface area contributed by atoms with Gasteiger partial charge in [-0.3, -0.25) is 9.69 Å². The number of morpholine rings is 2. The highest BCUT2D eigenvalue weighted by atomic mass is 16.5. The number of rotatable bonds is 8. The van der Waals surface area contributed by atoms with Crippen LogP contribution in [0.4, 0.5) is 5.69 Å². The molecular formula is C22H30N2O3. The lowest BCUT2D eigenvalue weighted by atomic mass is 9.81. The van der Waals surface area contributed by atoms with Crippen LogP contribution in [0.15, 0.2) is 49.6 Å². The molecule has 0 saturated carbocycles. The first-order chi connectivity index (χ1) is 13.2. The molecule has 0 N–H and O–H groups in total. The molecule has 2 heterocycles. The molecule has 27 heavy (non-hydrogen) atoms. The minimum absolute atomic E-state index is 0.137. The molecule has 2 saturated heterocycles. The fourth-order valence-corrected chi connectivity index (χ4v) is 4.05. The van der Waals surface area contributed by atoms with Gasteiger partial charge in [0.1, 0.15) is 0 Å². The standard InChI is InChI=1S/C22H30N2O3/c1-3-9-22(10-4-2,24-13-17-27-18-14-24)21(25)19-5-7-20(8-6-19)23-11-15-26-16-12-23/h3-8H,1-2,9-18H2. The Bertz CT molecular complexity index is 634. The van der Waals surface area contributed by atoms with E-state index in [0.717, 1.165) is 50.6 Å². The van der Waals surface area contributed by atoms with E-state index in [2.05, 4.69) is 23.0 Å². The zero-order valence-corrected chi connectivity index (χ0v) is 16.1. The normalized spacial score (nSPS) is 18.9. The van der Waals surface area contributed by atoms with Crippen LogP contribution in [-0.2, 0) is 9.47 Å². The lowest BCUT2D eigenvalue weighted by Crippen LogP contribution is -2.57. The molecule has 3 rings (SSSR count). The molecule has 5 heteroatoms. The summed E-state index contributed by atoms with van der Waals surface area (Å²) in [6, 6.07) is 8.00. The minimum atomic E-state index is -0.631. The van der Waals surface area contributed by atoms with Crippen molar-refractivity contribution in [3.63, 3.8) is 0 Å². The smallest absolute Gasteiger partial charge is 0.183 e. The molecule has 0 radical (unpaired) electrons. The first kappa shape index (κ1) is 19.8. The number of ether oxygens (including phenoxy) is 2. The third-order valence-electron chi connectivity index (χ3n) is 5.51. The second-order valence-electron chi connectivity index (χ2n) is 7.09. The Kier molecular flexibility index (Phi) is 6.83. The SMILES string of the molecule is C=CCC(CC=C)(C(=O)c1ccc(N2CCOCC2)cc1)N1CCOCC1. The van der Waals surface area contributed by atoms with Gasteiger partial charge in [-0.15, -0.1) is 13.2 Å². The molecule has 1 aromatic rings. The Morgan fingerprint density at radius 2 is 1.44 bits per heavy atom. The number of carbonyl (C=O) groups excluding carboxylic acids is 1. The molecular weight excluding hydrogens is 340 g/mol. The van der Waals surface area contributed by atoms with Crippen molar-refractivity contribution < 1.29 is 14.3 Å². The predicted molar refractivity (Wildman–Crippen MR) is 109 cm³/mol. The number of hydrogen-bond acceptors (Lipinski definition) is 5. The Hall–Kier alpha value is -1.95. The summed E-state index contributed by atoms with van der Waals surface area (Å²) in [5.74, 6) is 0.137. The summed E-state index contributed by atoms with van der Waals surface area (Å²) in [6.07, 6.45) is 4.89. The summed E-state index contributed by atoms with van der Waals surface area (Å²) in [5, 5.41) is 0. The zero-order valence-electron chi connectivity index (χ0n) is 16.1. The number of benzene rings is 1. The monoisotopic (exact) mass is 370 g/mol. The molecule has 146 valence electrons.